The first-order valence-electron chi connectivity index (χ1n) is 8.79. The van der Waals surface area contributed by atoms with Crippen molar-refractivity contribution in [1.82, 2.24) is 4.98 Å². The van der Waals surface area contributed by atoms with Gasteiger partial charge in [0, 0.05) is 17.1 Å². The number of hydrogen-bond donors (Lipinski definition) is 1. The van der Waals surface area contributed by atoms with E-state index in [1.54, 1.807) is 6.07 Å². The Balaban J connectivity index is 1.42. The Morgan fingerprint density at radius 1 is 1.07 bits per heavy atom. The minimum Gasteiger partial charge on any atom is -0.486 e. The molecule has 0 bridgehead atoms. The molecule has 6 heteroatoms. The maximum Gasteiger partial charge on any atom is 0.234 e. The number of anilines is 1. The summed E-state index contributed by atoms with van der Waals surface area (Å²) in [5.41, 5.74) is 3.93. The molecule has 138 valence electrons. The van der Waals surface area contributed by atoms with Crippen LogP contribution >= 0.6 is 11.8 Å². The summed E-state index contributed by atoms with van der Waals surface area (Å²) in [6.07, 6.45) is 0. The Labute approximate surface area is 162 Å². The van der Waals surface area contributed by atoms with E-state index < -0.39 is 0 Å². The van der Waals surface area contributed by atoms with E-state index in [0.717, 1.165) is 21.5 Å². The molecular weight excluding hydrogens is 360 g/mol. The lowest BCUT2D eigenvalue weighted by molar-refractivity contribution is -0.113. The minimum atomic E-state index is -0.0816. The van der Waals surface area contributed by atoms with E-state index in [-0.39, 0.29) is 5.91 Å². The van der Waals surface area contributed by atoms with Crippen LogP contribution in [0.2, 0.25) is 0 Å². The molecule has 3 aromatic rings. The van der Waals surface area contributed by atoms with Crippen LogP contribution in [0.15, 0.2) is 47.5 Å². The van der Waals surface area contributed by atoms with Crippen molar-refractivity contribution in [3.8, 4) is 11.5 Å². The van der Waals surface area contributed by atoms with Gasteiger partial charge in [0.2, 0.25) is 5.91 Å². The predicted octanol–water partition coefficient (Wildman–Crippen LogP) is 4.35. The Bertz CT molecular complexity index is 1020. The van der Waals surface area contributed by atoms with Crippen molar-refractivity contribution in [2.45, 2.75) is 18.9 Å². The maximum atomic E-state index is 12.3. The molecular formula is C21H20N2O3S. The van der Waals surface area contributed by atoms with Crippen LogP contribution in [0, 0.1) is 13.8 Å². The van der Waals surface area contributed by atoms with Gasteiger partial charge in [-0.1, -0.05) is 23.4 Å². The highest BCUT2D eigenvalue weighted by Gasteiger charge is 2.13. The number of hydrogen-bond acceptors (Lipinski definition) is 5. The van der Waals surface area contributed by atoms with Gasteiger partial charge < -0.3 is 14.8 Å². The van der Waals surface area contributed by atoms with Crippen molar-refractivity contribution in [2.75, 3.05) is 24.3 Å². The fourth-order valence-electron chi connectivity index (χ4n) is 2.98. The number of carbonyl (C=O) groups is 1. The first-order chi connectivity index (χ1) is 13.1. The van der Waals surface area contributed by atoms with E-state index in [9.17, 15) is 4.79 Å². The zero-order valence-electron chi connectivity index (χ0n) is 15.2. The summed E-state index contributed by atoms with van der Waals surface area (Å²) in [4.78, 5) is 17.0. The third-order valence-corrected chi connectivity index (χ3v) is 5.37. The number of aryl methyl sites for hydroxylation is 2. The summed E-state index contributed by atoms with van der Waals surface area (Å²) in [5, 5.41) is 4.90. The highest BCUT2D eigenvalue weighted by atomic mass is 32.2. The van der Waals surface area contributed by atoms with E-state index in [1.165, 1.54) is 17.3 Å². The smallest absolute Gasteiger partial charge is 0.234 e. The molecule has 5 nitrogen and oxygen atoms in total. The predicted molar refractivity (Wildman–Crippen MR) is 108 cm³/mol. The van der Waals surface area contributed by atoms with Gasteiger partial charge >= 0.3 is 0 Å². The molecule has 2 aromatic carbocycles. The molecule has 0 saturated heterocycles. The van der Waals surface area contributed by atoms with E-state index in [4.69, 9.17) is 14.5 Å². The van der Waals surface area contributed by atoms with E-state index in [2.05, 4.69) is 24.4 Å². The first-order valence-corrected chi connectivity index (χ1v) is 9.77. The van der Waals surface area contributed by atoms with Crippen LogP contribution in [0.5, 0.6) is 11.5 Å². The van der Waals surface area contributed by atoms with Crippen LogP contribution in [0.25, 0.3) is 10.9 Å². The van der Waals surface area contributed by atoms with Crippen LogP contribution in [0.4, 0.5) is 5.69 Å². The third kappa shape index (κ3) is 4.01. The third-order valence-electron chi connectivity index (χ3n) is 4.28. The summed E-state index contributed by atoms with van der Waals surface area (Å²) in [5.74, 6) is 1.58. The van der Waals surface area contributed by atoms with Gasteiger partial charge in [0.05, 0.1) is 11.3 Å². The van der Waals surface area contributed by atoms with E-state index >= 15 is 0 Å². The number of fused-ring (bicyclic) bond motifs is 2. The van der Waals surface area contributed by atoms with Gasteiger partial charge in [-0.05, 0) is 49.7 Å². The molecule has 0 fully saturated rings. The van der Waals surface area contributed by atoms with Crippen molar-refractivity contribution >= 4 is 34.3 Å². The summed E-state index contributed by atoms with van der Waals surface area (Å²) in [6, 6.07) is 13.7. The van der Waals surface area contributed by atoms with Gasteiger partial charge in [0.15, 0.2) is 11.5 Å². The lowest BCUT2D eigenvalue weighted by Crippen LogP contribution is -2.17. The number of ether oxygens (including phenoxy) is 2. The number of carbonyl (C=O) groups excluding carboxylic acids is 1. The number of thioether (sulfide) groups is 1. The zero-order chi connectivity index (χ0) is 18.8. The van der Waals surface area contributed by atoms with Crippen molar-refractivity contribution in [3.63, 3.8) is 0 Å². The zero-order valence-corrected chi connectivity index (χ0v) is 16.1. The van der Waals surface area contributed by atoms with Crippen LogP contribution in [0.1, 0.15) is 11.1 Å². The fourth-order valence-corrected chi connectivity index (χ4v) is 3.77. The summed E-state index contributed by atoms with van der Waals surface area (Å²) in [7, 11) is 0. The number of benzene rings is 2. The lowest BCUT2D eigenvalue weighted by Gasteiger charge is -2.19. The molecule has 1 aliphatic rings. The normalized spacial score (nSPS) is 12.8. The quantitative estimate of drug-likeness (QED) is 0.682. The van der Waals surface area contributed by atoms with Gasteiger partial charge in [0.25, 0.3) is 0 Å². The van der Waals surface area contributed by atoms with Crippen LogP contribution < -0.4 is 14.8 Å². The topological polar surface area (TPSA) is 60.5 Å². The van der Waals surface area contributed by atoms with Gasteiger partial charge in [-0.3, -0.25) is 4.79 Å². The standard InChI is InChI=1S/C21H20N2O3S/c1-13-3-5-17-15(9-13)10-14(2)21(23-17)27-12-20(24)22-16-4-6-18-19(11-16)26-8-7-25-18/h3-6,9-11H,7-8,12H2,1-2H3,(H,22,24). The van der Waals surface area contributed by atoms with Crippen LogP contribution in [0.3, 0.4) is 0 Å². The molecule has 0 atom stereocenters. The first kappa shape index (κ1) is 17.7. The fraction of sp³-hybridized carbons (Fsp3) is 0.238. The van der Waals surface area contributed by atoms with E-state index in [0.29, 0.717) is 36.2 Å². The molecule has 0 spiro atoms. The summed E-state index contributed by atoms with van der Waals surface area (Å²) >= 11 is 1.44. The highest BCUT2D eigenvalue weighted by molar-refractivity contribution is 8.00. The number of rotatable bonds is 4. The molecule has 4 rings (SSSR count). The SMILES string of the molecule is Cc1ccc2nc(SCC(=O)Nc3ccc4c(c3)OCCO4)c(C)cc2c1. The minimum absolute atomic E-state index is 0.0816. The lowest BCUT2D eigenvalue weighted by atomic mass is 10.1. The highest BCUT2D eigenvalue weighted by Crippen LogP contribution is 2.32. The molecule has 1 aliphatic heterocycles. The Morgan fingerprint density at radius 3 is 2.74 bits per heavy atom. The number of nitrogens with zero attached hydrogens (tertiary/aromatic N) is 1. The second-order valence-corrected chi connectivity index (χ2v) is 7.47. The maximum absolute atomic E-state index is 12.3. The van der Waals surface area contributed by atoms with E-state index in [1.807, 2.05) is 31.2 Å². The number of amides is 1. The van der Waals surface area contributed by atoms with Crippen LogP contribution in [-0.4, -0.2) is 29.9 Å². The molecule has 1 amide bonds. The van der Waals surface area contributed by atoms with Gasteiger partial charge in [-0.25, -0.2) is 4.98 Å². The molecule has 0 radical (unpaired) electrons. The Kier molecular flexibility index (Phi) is 4.90. The monoisotopic (exact) mass is 380 g/mol. The average Bonchev–Trinajstić information content (AvgIpc) is 2.66. The summed E-state index contributed by atoms with van der Waals surface area (Å²) < 4.78 is 11.0. The molecule has 1 aromatic heterocycles. The van der Waals surface area contributed by atoms with Crippen molar-refractivity contribution in [3.05, 3.63) is 53.6 Å². The summed E-state index contributed by atoms with van der Waals surface area (Å²) in [6.45, 7) is 5.16. The van der Waals surface area contributed by atoms with Gasteiger partial charge in [-0.15, -0.1) is 0 Å². The molecule has 0 saturated carbocycles. The molecule has 2 heterocycles. The second kappa shape index (κ2) is 7.48. The Hall–Kier alpha value is -2.73. The molecule has 0 unspecified atom stereocenters. The van der Waals surface area contributed by atoms with Crippen molar-refractivity contribution in [1.29, 1.82) is 0 Å². The number of nitrogens with one attached hydrogen (secondary N) is 1. The van der Waals surface area contributed by atoms with Crippen molar-refractivity contribution in [2.24, 2.45) is 0 Å². The second-order valence-electron chi connectivity index (χ2n) is 6.50. The number of pyridine rings is 1. The molecule has 27 heavy (non-hydrogen) atoms. The number of aromatic nitrogens is 1. The van der Waals surface area contributed by atoms with Crippen LogP contribution in [-0.2, 0) is 4.79 Å². The van der Waals surface area contributed by atoms with Gasteiger partial charge in [-0.2, -0.15) is 0 Å². The average molecular weight is 380 g/mol. The molecule has 1 N–H and O–H groups in total. The van der Waals surface area contributed by atoms with Gasteiger partial charge in [0.1, 0.15) is 18.2 Å². The van der Waals surface area contributed by atoms with Crippen molar-refractivity contribution < 1.29 is 14.3 Å². The Morgan fingerprint density at radius 2 is 1.89 bits per heavy atom. The molecule has 0 aliphatic carbocycles. The largest absolute Gasteiger partial charge is 0.486 e.